The van der Waals surface area contributed by atoms with Gasteiger partial charge in [-0.15, -0.1) is 45.3 Å². The molecule has 6 aromatic rings. The van der Waals surface area contributed by atoms with Gasteiger partial charge in [0.2, 0.25) is 0 Å². The van der Waals surface area contributed by atoms with Crippen molar-refractivity contribution in [2.45, 2.75) is 0 Å². The Kier molecular flexibility index (Phi) is 6.31. The first kappa shape index (κ1) is 23.5. The van der Waals surface area contributed by atoms with Crippen molar-refractivity contribution in [3.8, 4) is 40.4 Å². The third kappa shape index (κ3) is 4.41. The fraction of sp³-hybridized carbons (Fsp3) is 0.0323. The molecule has 0 radical (unpaired) electrons. The molecule has 0 unspecified atom stereocenters. The first-order valence-corrected chi connectivity index (χ1v) is 16.7. The minimum atomic E-state index is 0.318. The molecule has 2 aromatic carbocycles. The van der Waals surface area contributed by atoms with E-state index in [1.807, 2.05) is 34.3 Å². The van der Waals surface area contributed by atoms with Gasteiger partial charge < -0.3 is 0 Å². The van der Waals surface area contributed by atoms with Crippen LogP contribution in [0.15, 0.2) is 95.7 Å². The lowest BCUT2D eigenvalue weighted by atomic mass is 9.59. The zero-order valence-corrected chi connectivity index (χ0v) is 24.1. The minimum absolute atomic E-state index is 0.318. The van der Waals surface area contributed by atoms with Crippen molar-refractivity contribution in [1.29, 1.82) is 0 Å². The van der Waals surface area contributed by atoms with Crippen molar-refractivity contribution < 1.29 is 0 Å². The lowest BCUT2D eigenvalue weighted by molar-refractivity contribution is 1.70. The molecular formula is C31H21BS5. The third-order valence-electron chi connectivity index (χ3n) is 6.73. The molecule has 0 saturated carbocycles. The highest BCUT2D eigenvalue weighted by Gasteiger charge is 2.25. The molecule has 5 heterocycles. The number of hydrogen-bond acceptors (Lipinski definition) is 5. The van der Waals surface area contributed by atoms with Crippen LogP contribution in [0.25, 0.3) is 52.5 Å². The van der Waals surface area contributed by atoms with Crippen LogP contribution in [0.3, 0.4) is 0 Å². The van der Waals surface area contributed by atoms with Crippen LogP contribution in [0, 0.1) is 0 Å². The van der Waals surface area contributed by atoms with Gasteiger partial charge in [-0.1, -0.05) is 59.5 Å². The van der Waals surface area contributed by atoms with E-state index in [4.69, 9.17) is 0 Å². The maximum atomic E-state index is 2.37. The molecule has 1 aliphatic rings. The zero-order chi connectivity index (χ0) is 24.8. The first-order valence-electron chi connectivity index (χ1n) is 12.0. The van der Waals surface area contributed by atoms with E-state index in [-0.39, 0.29) is 0 Å². The van der Waals surface area contributed by atoms with E-state index >= 15 is 0 Å². The van der Waals surface area contributed by atoms with Gasteiger partial charge in [-0.25, -0.2) is 11.6 Å². The second-order valence-corrected chi connectivity index (χ2v) is 13.9. The highest BCUT2D eigenvalue weighted by Crippen LogP contribution is 2.38. The van der Waals surface area contributed by atoms with Gasteiger partial charge in [0, 0.05) is 29.3 Å². The van der Waals surface area contributed by atoms with Crippen LogP contribution in [0.1, 0.15) is 11.1 Å². The summed E-state index contributed by atoms with van der Waals surface area (Å²) in [5, 5.41) is 4.29. The number of benzene rings is 2. The number of fused-ring (bicyclic) bond motifs is 2. The summed E-state index contributed by atoms with van der Waals surface area (Å²) in [4.78, 5) is 8.01. The van der Waals surface area contributed by atoms with E-state index in [0.717, 1.165) is 0 Å². The lowest BCUT2D eigenvalue weighted by Gasteiger charge is -2.16. The van der Waals surface area contributed by atoms with Crippen molar-refractivity contribution in [2.75, 3.05) is 6.26 Å². The molecule has 0 amide bonds. The second kappa shape index (κ2) is 9.93. The molecule has 37 heavy (non-hydrogen) atoms. The van der Waals surface area contributed by atoms with Crippen molar-refractivity contribution in [3.05, 3.63) is 107 Å². The zero-order valence-electron chi connectivity index (χ0n) is 20.0. The molecule has 0 fully saturated rings. The van der Waals surface area contributed by atoms with Crippen molar-refractivity contribution in [2.24, 2.45) is 0 Å². The molecule has 0 saturated heterocycles. The topological polar surface area (TPSA) is 0 Å². The van der Waals surface area contributed by atoms with E-state index in [1.165, 1.54) is 62.4 Å². The number of hydrogen-bond donors (Lipinski definition) is 0. The molecule has 0 aliphatic carbocycles. The van der Waals surface area contributed by atoms with Gasteiger partial charge in [0.05, 0.1) is 0 Å². The average molecular weight is 565 g/mol. The quantitative estimate of drug-likeness (QED) is 0.188. The number of thiophene rings is 4. The summed E-state index contributed by atoms with van der Waals surface area (Å²) >= 11 is 9.28. The molecular weight excluding hydrogens is 543 g/mol. The van der Waals surface area contributed by atoms with Crippen LogP contribution in [-0.2, 0) is 0 Å². The van der Waals surface area contributed by atoms with Gasteiger partial charge >= 0.3 is 0 Å². The second-order valence-electron chi connectivity index (χ2n) is 8.92. The predicted octanol–water partition coefficient (Wildman–Crippen LogP) is 9.55. The fourth-order valence-electron chi connectivity index (χ4n) is 4.91. The van der Waals surface area contributed by atoms with Crippen LogP contribution < -0.4 is 10.9 Å². The van der Waals surface area contributed by atoms with Crippen molar-refractivity contribution in [3.63, 3.8) is 0 Å². The average Bonchev–Trinajstić information content (AvgIpc) is 3.74. The fourth-order valence-corrected chi connectivity index (χ4v) is 9.52. The lowest BCUT2D eigenvalue weighted by Crippen LogP contribution is -2.41. The Labute approximate surface area is 238 Å². The molecule has 178 valence electrons. The molecule has 0 atom stereocenters. The van der Waals surface area contributed by atoms with Crippen LogP contribution in [0.5, 0.6) is 0 Å². The molecule has 7 rings (SSSR count). The molecule has 6 heteroatoms. The van der Waals surface area contributed by atoms with Gasteiger partial charge in [0.25, 0.3) is 5.99 Å². The summed E-state index contributed by atoms with van der Waals surface area (Å²) < 4.78 is 0. The summed E-state index contributed by atoms with van der Waals surface area (Å²) in [6.45, 7) is 0. The van der Waals surface area contributed by atoms with E-state index in [1.54, 1.807) is 22.7 Å². The van der Waals surface area contributed by atoms with E-state index in [0.29, 0.717) is 5.99 Å². The molecule has 1 aliphatic heterocycles. The summed E-state index contributed by atoms with van der Waals surface area (Å²) in [5.74, 6) is 0.318. The summed E-state index contributed by atoms with van der Waals surface area (Å²) in [6, 6.07) is 31.7. The molecule has 0 N–H and O–H groups in total. The number of rotatable bonds is 5. The standard InChI is InChI=1S/C31H21BS5/c1-33-32-24-10-8-22(26-12-14-30(36-26)28-4-2-16-34-28)18-20(24)6-7-21-19-23(9-11-25(21)32)27-13-15-31(37-27)29-5-3-17-35-29/h2-19H,1H3. The smallest absolute Gasteiger partial charge is 0.200 e. The maximum absolute atomic E-state index is 2.37. The molecule has 4 aromatic heterocycles. The Hall–Kier alpha value is -2.61. The molecule has 0 bridgehead atoms. The van der Waals surface area contributed by atoms with E-state index in [9.17, 15) is 0 Å². The highest BCUT2D eigenvalue weighted by molar-refractivity contribution is 8.27. The van der Waals surface area contributed by atoms with Crippen LogP contribution in [0.4, 0.5) is 0 Å². The molecule has 0 nitrogen and oxygen atoms in total. The Morgan fingerprint density at radius 1 is 0.541 bits per heavy atom. The highest BCUT2D eigenvalue weighted by atomic mass is 32.2. The van der Waals surface area contributed by atoms with Gasteiger partial charge in [-0.2, -0.15) is 0 Å². The Balaban J connectivity index is 1.24. The Morgan fingerprint density at radius 3 is 1.46 bits per heavy atom. The van der Waals surface area contributed by atoms with E-state index in [2.05, 4.69) is 114 Å². The normalized spacial score (nSPS) is 12.4. The van der Waals surface area contributed by atoms with E-state index < -0.39 is 0 Å². The summed E-state index contributed by atoms with van der Waals surface area (Å²) in [5.41, 5.74) is 8.01. The monoisotopic (exact) mass is 564 g/mol. The van der Waals surface area contributed by atoms with Crippen molar-refractivity contribution >= 4 is 86.0 Å². The Bertz CT molecular complexity index is 1590. The van der Waals surface area contributed by atoms with Gasteiger partial charge in [0.15, 0.2) is 0 Å². The summed E-state index contributed by atoms with van der Waals surface area (Å²) in [6.07, 6.45) is 6.86. The van der Waals surface area contributed by atoms with Crippen LogP contribution in [0.2, 0.25) is 0 Å². The Morgan fingerprint density at radius 2 is 1.03 bits per heavy atom. The first-order chi connectivity index (χ1) is 18.3. The van der Waals surface area contributed by atoms with Gasteiger partial charge in [-0.05, 0) is 87.8 Å². The van der Waals surface area contributed by atoms with Gasteiger partial charge in [-0.3, -0.25) is 0 Å². The largest absolute Gasteiger partial charge is 0.275 e. The SMILES string of the molecule is CSB1c2ccc(-c3ccc(-c4cccs4)s3)cc2C=Cc2cc(-c3ccc(-c4cccs4)s3)ccc21. The minimum Gasteiger partial charge on any atom is -0.200 e. The van der Waals surface area contributed by atoms with Crippen LogP contribution in [-0.4, -0.2) is 12.2 Å². The molecule has 0 spiro atoms. The maximum Gasteiger partial charge on any atom is 0.275 e. The predicted molar refractivity (Wildman–Crippen MR) is 174 cm³/mol. The summed E-state index contributed by atoms with van der Waals surface area (Å²) in [7, 11) is 0. The van der Waals surface area contributed by atoms with Crippen LogP contribution >= 0.6 is 57.0 Å². The van der Waals surface area contributed by atoms with Gasteiger partial charge in [0.1, 0.15) is 0 Å². The third-order valence-corrected chi connectivity index (χ3v) is 12.1. The van der Waals surface area contributed by atoms with Crippen molar-refractivity contribution in [1.82, 2.24) is 0 Å².